The second-order valence-electron chi connectivity index (χ2n) is 8.24. The molecule has 0 atom stereocenters. The number of methoxy groups -OCH3 is 6. The van der Waals surface area contributed by atoms with Gasteiger partial charge in [0.05, 0.1) is 48.3 Å². The maximum Gasteiger partial charge on any atom is 0.292 e. The molecule has 0 bridgehead atoms. The van der Waals surface area contributed by atoms with Crippen molar-refractivity contribution in [1.29, 1.82) is 0 Å². The fraction of sp³-hybridized carbons (Fsp3) is 0.214. The fourth-order valence-electron chi connectivity index (χ4n) is 3.96. The third kappa shape index (κ3) is 6.12. The van der Waals surface area contributed by atoms with Gasteiger partial charge in [-0.2, -0.15) is 10.2 Å². The van der Waals surface area contributed by atoms with Crippen LogP contribution in [0.4, 0.5) is 5.69 Å². The van der Waals surface area contributed by atoms with Crippen LogP contribution < -0.4 is 39.4 Å². The number of aromatic nitrogens is 3. The fourth-order valence-corrected chi connectivity index (χ4v) is 4.08. The molecule has 41 heavy (non-hydrogen) atoms. The van der Waals surface area contributed by atoms with Gasteiger partial charge in [-0.3, -0.25) is 10.2 Å². The lowest BCUT2D eigenvalue weighted by atomic mass is 10.1. The quantitative estimate of drug-likeness (QED) is 0.193. The Hall–Kier alpha value is -4.97. The van der Waals surface area contributed by atoms with Gasteiger partial charge in [-0.25, -0.2) is 10.1 Å². The van der Waals surface area contributed by atoms with E-state index in [1.807, 2.05) is 0 Å². The highest BCUT2D eigenvalue weighted by molar-refractivity contribution is 6.30. The summed E-state index contributed by atoms with van der Waals surface area (Å²) >= 11 is 6.03. The summed E-state index contributed by atoms with van der Waals surface area (Å²) in [6.45, 7) is 0. The van der Waals surface area contributed by atoms with E-state index in [0.29, 0.717) is 56.3 Å². The normalized spacial score (nSPS) is 11.0. The molecule has 0 saturated heterocycles. The Morgan fingerprint density at radius 3 is 1.78 bits per heavy atom. The number of rotatable bonds is 11. The van der Waals surface area contributed by atoms with E-state index in [-0.39, 0.29) is 17.2 Å². The summed E-state index contributed by atoms with van der Waals surface area (Å²) in [6.07, 6.45) is 0. The predicted octanol–water partition coefficient (Wildman–Crippen LogP) is 4.40. The van der Waals surface area contributed by atoms with E-state index in [9.17, 15) is 4.79 Å². The highest BCUT2D eigenvalue weighted by Crippen LogP contribution is 2.41. The number of anilines is 1. The van der Waals surface area contributed by atoms with Crippen LogP contribution in [0.15, 0.2) is 58.4 Å². The van der Waals surface area contributed by atoms with Crippen molar-refractivity contribution < 1.29 is 28.4 Å². The van der Waals surface area contributed by atoms with Crippen molar-refractivity contribution in [3.05, 3.63) is 75.2 Å². The second kappa shape index (κ2) is 12.9. The van der Waals surface area contributed by atoms with E-state index in [4.69, 9.17) is 40.0 Å². The van der Waals surface area contributed by atoms with Crippen molar-refractivity contribution in [3.8, 4) is 45.9 Å². The lowest BCUT2D eigenvalue weighted by Gasteiger charge is -2.16. The maximum absolute atomic E-state index is 13.2. The van der Waals surface area contributed by atoms with Gasteiger partial charge in [-0.1, -0.05) is 11.6 Å². The van der Waals surface area contributed by atoms with Crippen molar-refractivity contribution in [1.82, 2.24) is 15.2 Å². The van der Waals surface area contributed by atoms with E-state index in [2.05, 4.69) is 25.7 Å². The van der Waals surface area contributed by atoms with Crippen LogP contribution in [0.1, 0.15) is 11.3 Å². The van der Waals surface area contributed by atoms with Gasteiger partial charge in [-0.15, -0.1) is 0 Å². The predicted molar refractivity (Wildman–Crippen MR) is 155 cm³/mol. The first kappa shape index (κ1) is 29.0. The number of halogens is 1. The summed E-state index contributed by atoms with van der Waals surface area (Å²) in [6, 6.07) is 13.5. The zero-order chi connectivity index (χ0) is 29.5. The van der Waals surface area contributed by atoms with Gasteiger partial charge in [-0.05, 0) is 48.5 Å². The van der Waals surface area contributed by atoms with Gasteiger partial charge < -0.3 is 28.4 Å². The van der Waals surface area contributed by atoms with Gasteiger partial charge >= 0.3 is 0 Å². The van der Waals surface area contributed by atoms with Crippen LogP contribution in [0.5, 0.6) is 34.5 Å². The zero-order valence-corrected chi connectivity index (χ0v) is 24.0. The van der Waals surface area contributed by atoms with Crippen molar-refractivity contribution in [2.45, 2.75) is 0 Å². The Balaban J connectivity index is 1.93. The Morgan fingerprint density at radius 2 is 1.29 bits per heavy atom. The van der Waals surface area contributed by atoms with E-state index in [1.54, 1.807) is 48.5 Å². The summed E-state index contributed by atoms with van der Waals surface area (Å²) in [4.78, 5) is 17.8. The number of hydrazone groups is 1. The third-order valence-corrected chi connectivity index (χ3v) is 6.17. The number of nitrogens with one attached hydrogen (secondary N) is 2. The smallest absolute Gasteiger partial charge is 0.292 e. The van der Waals surface area contributed by atoms with Crippen molar-refractivity contribution >= 4 is 23.0 Å². The van der Waals surface area contributed by atoms with E-state index < -0.39 is 5.56 Å². The van der Waals surface area contributed by atoms with Crippen LogP contribution in [-0.4, -0.2) is 63.6 Å². The number of nitrogens with zero attached hydrogens (tertiary/aromatic N) is 3. The molecule has 3 aromatic carbocycles. The third-order valence-electron chi connectivity index (χ3n) is 5.92. The first-order chi connectivity index (χ1) is 19.9. The number of hydrogen-bond donors (Lipinski definition) is 2. The minimum atomic E-state index is -0.591. The van der Waals surface area contributed by atoms with Gasteiger partial charge in [0.2, 0.25) is 11.5 Å². The van der Waals surface area contributed by atoms with Gasteiger partial charge in [0.1, 0.15) is 5.71 Å². The first-order valence-electron chi connectivity index (χ1n) is 12.0. The Bertz CT molecular complexity index is 1570. The van der Waals surface area contributed by atoms with Crippen molar-refractivity contribution in [2.24, 2.45) is 5.10 Å². The Labute approximate surface area is 240 Å². The highest BCUT2D eigenvalue weighted by atomic mass is 35.5. The molecule has 0 spiro atoms. The molecule has 0 fully saturated rings. The Kier molecular flexibility index (Phi) is 9.15. The summed E-state index contributed by atoms with van der Waals surface area (Å²) in [5, 5.41) is 11.8. The van der Waals surface area contributed by atoms with Crippen LogP contribution in [0.2, 0.25) is 5.02 Å². The van der Waals surface area contributed by atoms with Gasteiger partial charge in [0, 0.05) is 16.1 Å². The van der Waals surface area contributed by atoms with E-state index in [0.717, 1.165) is 0 Å². The monoisotopic (exact) mass is 581 g/mol. The SMILES string of the molecule is COc1cc(/C(=N\Nc2ccc(Cl)cc2)c2nc(-c3cc(OC)c(OC)c(OC)c3)n[nH]c2=O)cc(OC)c1OC. The van der Waals surface area contributed by atoms with Crippen LogP contribution in [-0.2, 0) is 0 Å². The molecule has 0 saturated carbocycles. The molecule has 0 unspecified atom stereocenters. The Morgan fingerprint density at radius 1 is 0.780 bits per heavy atom. The van der Waals surface area contributed by atoms with Crippen molar-refractivity contribution in [3.63, 3.8) is 0 Å². The molecule has 214 valence electrons. The molecule has 0 aliphatic rings. The molecule has 4 rings (SSSR count). The molecule has 0 aliphatic carbocycles. The molecule has 12 nitrogen and oxygen atoms in total. The lowest BCUT2D eigenvalue weighted by molar-refractivity contribution is 0.324. The topological polar surface area (TPSA) is 138 Å². The zero-order valence-electron chi connectivity index (χ0n) is 23.2. The first-order valence-corrected chi connectivity index (χ1v) is 12.4. The summed E-state index contributed by atoms with van der Waals surface area (Å²) < 4.78 is 32.8. The van der Waals surface area contributed by atoms with E-state index in [1.165, 1.54) is 42.7 Å². The second-order valence-corrected chi connectivity index (χ2v) is 8.68. The molecule has 1 aromatic heterocycles. The average molecular weight is 582 g/mol. The molecule has 0 radical (unpaired) electrons. The molecule has 13 heteroatoms. The van der Waals surface area contributed by atoms with Crippen LogP contribution in [0.3, 0.4) is 0 Å². The number of hydrogen-bond acceptors (Lipinski definition) is 11. The highest BCUT2D eigenvalue weighted by Gasteiger charge is 2.22. The summed E-state index contributed by atoms with van der Waals surface area (Å²) in [5.74, 6) is 2.44. The number of aromatic amines is 1. The number of ether oxygens (including phenoxy) is 6. The summed E-state index contributed by atoms with van der Waals surface area (Å²) in [5.41, 5.74) is 4.05. The lowest BCUT2D eigenvalue weighted by Crippen LogP contribution is -2.24. The van der Waals surface area contributed by atoms with Crippen LogP contribution in [0, 0.1) is 0 Å². The number of benzene rings is 3. The standard InChI is InChI=1S/C28H28ClN5O7/c1-36-19-11-15(12-20(37-2)25(19)40-5)23(32-31-18-9-7-17(29)8-10-18)24-28(35)34-33-27(30-24)16-13-21(38-3)26(41-6)22(14-16)39-4/h7-14,31H,1-6H3,(H,34,35)/b32-23+. The maximum atomic E-state index is 13.2. The average Bonchev–Trinajstić information content (AvgIpc) is 3.01. The van der Waals surface area contributed by atoms with Gasteiger partial charge in [0.15, 0.2) is 34.5 Å². The minimum absolute atomic E-state index is 0.0421. The molecule has 0 amide bonds. The molecule has 2 N–H and O–H groups in total. The number of H-pyrrole nitrogens is 1. The van der Waals surface area contributed by atoms with Crippen molar-refractivity contribution in [2.75, 3.05) is 48.1 Å². The summed E-state index contributed by atoms with van der Waals surface area (Å²) in [7, 11) is 8.97. The molecular formula is C28H28ClN5O7. The molecule has 1 heterocycles. The van der Waals surface area contributed by atoms with Crippen LogP contribution in [0.25, 0.3) is 11.4 Å². The van der Waals surface area contributed by atoms with Gasteiger partial charge in [0.25, 0.3) is 5.56 Å². The largest absolute Gasteiger partial charge is 0.493 e. The molecular weight excluding hydrogens is 554 g/mol. The molecule has 4 aromatic rings. The minimum Gasteiger partial charge on any atom is -0.493 e. The molecule has 0 aliphatic heterocycles. The van der Waals surface area contributed by atoms with E-state index >= 15 is 0 Å². The van der Waals surface area contributed by atoms with Crippen LogP contribution >= 0.6 is 11.6 Å².